The molecule has 10 nitrogen and oxygen atoms in total. The van der Waals surface area contributed by atoms with E-state index in [2.05, 4.69) is 15.0 Å². The normalized spacial score (nSPS) is 11.9. The Morgan fingerprint density at radius 1 is 1.26 bits per heavy atom. The number of carbonyl (C=O) groups excluding carboxylic acids is 2. The number of benzene rings is 1. The third kappa shape index (κ3) is 6.11. The molecule has 13 heteroatoms. The number of aliphatic imine (C=N–C) groups is 1. The summed E-state index contributed by atoms with van der Waals surface area (Å²) in [5.74, 6) is -1.45. The molecular weight excluding hydrogens is 503 g/mol. The average molecular weight is 525 g/mol. The Morgan fingerprint density at radius 2 is 2.00 bits per heavy atom. The molecule has 0 saturated heterocycles. The minimum Gasteiger partial charge on any atom is -0.388 e. The molecule has 2 heterocycles. The zero-order valence-electron chi connectivity index (χ0n) is 18.1. The Balaban J connectivity index is 1.76. The number of esters is 2. The van der Waals surface area contributed by atoms with Crippen LogP contribution in [0, 0.1) is 6.92 Å². The van der Waals surface area contributed by atoms with Crippen LogP contribution in [0.5, 0.6) is 0 Å². The second-order valence-corrected chi connectivity index (χ2v) is 9.25. The highest BCUT2D eigenvalue weighted by Gasteiger charge is 2.25. The van der Waals surface area contributed by atoms with Gasteiger partial charge >= 0.3 is 11.9 Å². The highest BCUT2D eigenvalue weighted by Crippen LogP contribution is 2.28. The molecule has 0 spiro atoms. The van der Waals surface area contributed by atoms with E-state index in [1.807, 2.05) is 0 Å². The van der Waals surface area contributed by atoms with Gasteiger partial charge in [-0.3, -0.25) is 9.79 Å². The number of nitrogens with zero attached hydrogens (tertiary/aromatic N) is 2. The first-order valence-corrected chi connectivity index (χ1v) is 11.7. The Hall–Kier alpha value is -2.99. The zero-order valence-corrected chi connectivity index (χ0v) is 20.4. The number of nitrogens with one attached hydrogen (secondary N) is 1. The first-order valence-electron chi connectivity index (χ1n) is 10.1. The molecule has 1 aromatic carbocycles. The van der Waals surface area contributed by atoms with Gasteiger partial charge < -0.3 is 26.9 Å². The zero-order chi connectivity index (χ0) is 25.0. The quantitative estimate of drug-likeness (QED) is 0.114. The SMILES string of the molecule is Cc1c(C(=O)OC(=O)[C@@H](N)CCCN=C(N)N)sc2nc(Cc3ccc(Cl)c(Cl)c3)[nH]c(=O)c12. The predicted octanol–water partition coefficient (Wildman–Crippen LogP) is 2.25. The maximum absolute atomic E-state index is 12.7. The van der Waals surface area contributed by atoms with Crippen LogP contribution >= 0.6 is 34.5 Å². The van der Waals surface area contributed by atoms with Gasteiger partial charge in [0.15, 0.2) is 5.96 Å². The fourth-order valence-electron chi connectivity index (χ4n) is 3.16. The number of hydrogen-bond acceptors (Lipinski definition) is 8. The van der Waals surface area contributed by atoms with Crippen molar-refractivity contribution in [2.24, 2.45) is 22.2 Å². The van der Waals surface area contributed by atoms with Crippen molar-refractivity contribution in [2.45, 2.75) is 32.2 Å². The van der Waals surface area contributed by atoms with E-state index in [1.165, 1.54) is 0 Å². The molecule has 0 fully saturated rings. The molecule has 0 saturated carbocycles. The van der Waals surface area contributed by atoms with Gasteiger partial charge in [-0.05, 0) is 43.0 Å². The highest BCUT2D eigenvalue weighted by atomic mass is 35.5. The number of ether oxygens (including phenoxy) is 1. The Morgan fingerprint density at radius 3 is 2.68 bits per heavy atom. The maximum Gasteiger partial charge on any atom is 0.356 e. The van der Waals surface area contributed by atoms with Crippen molar-refractivity contribution in [3.8, 4) is 0 Å². The van der Waals surface area contributed by atoms with Gasteiger partial charge in [0, 0.05) is 13.0 Å². The summed E-state index contributed by atoms with van der Waals surface area (Å²) in [4.78, 5) is 48.9. The number of aromatic amines is 1. The number of guanidine groups is 1. The molecule has 0 unspecified atom stereocenters. The van der Waals surface area contributed by atoms with Crippen LogP contribution in [0.15, 0.2) is 28.0 Å². The number of carbonyl (C=O) groups is 2. The van der Waals surface area contributed by atoms with Crippen molar-refractivity contribution in [3.63, 3.8) is 0 Å². The van der Waals surface area contributed by atoms with Gasteiger partial charge in [0.25, 0.3) is 5.56 Å². The van der Waals surface area contributed by atoms with E-state index in [9.17, 15) is 14.4 Å². The van der Waals surface area contributed by atoms with Gasteiger partial charge in [-0.2, -0.15) is 0 Å². The summed E-state index contributed by atoms with van der Waals surface area (Å²) in [5.41, 5.74) is 17.0. The Kier molecular flexibility index (Phi) is 8.26. The van der Waals surface area contributed by atoms with Gasteiger partial charge in [-0.25, -0.2) is 14.6 Å². The molecular formula is C21H22Cl2N6O4S. The lowest BCUT2D eigenvalue weighted by Crippen LogP contribution is -2.34. The van der Waals surface area contributed by atoms with Gasteiger partial charge in [0.2, 0.25) is 0 Å². The molecule has 0 amide bonds. The molecule has 3 rings (SSSR count). The van der Waals surface area contributed by atoms with E-state index in [0.717, 1.165) is 16.9 Å². The fourth-order valence-corrected chi connectivity index (χ4v) is 4.56. The first kappa shape index (κ1) is 25.6. The smallest absolute Gasteiger partial charge is 0.356 e. The lowest BCUT2D eigenvalue weighted by molar-refractivity contribution is -0.139. The van der Waals surface area contributed by atoms with Gasteiger partial charge in [0.05, 0.1) is 15.4 Å². The van der Waals surface area contributed by atoms with Crippen LogP contribution in [0.4, 0.5) is 0 Å². The maximum atomic E-state index is 12.7. The molecule has 1 atom stereocenters. The van der Waals surface area contributed by atoms with E-state index in [1.54, 1.807) is 25.1 Å². The number of aryl methyl sites for hydroxylation is 1. The average Bonchev–Trinajstić information content (AvgIpc) is 3.10. The molecule has 34 heavy (non-hydrogen) atoms. The monoisotopic (exact) mass is 524 g/mol. The lowest BCUT2D eigenvalue weighted by Gasteiger charge is -2.09. The predicted molar refractivity (Wildman–Crippen MR) is 133 cm³/mol. The molecule has 0 bridgehead atoms. The van der Waals surface area contributed by atoms with Crippen LogP contribution < -0.4 is 22.8 Å². The number of nitrogens with two attached hydrogens (primary N) is 3. The molecule has 3 aromatic rings. The topological polar surface area (TPSA) is 180 Å². The second kappa shape index (κ2) is 11.0. The van der Waals surface area contributed by atoms with Crippen molar-refractivity contribution in [2.75, 3.05) is 6.54 Å². The van der Waals surface area contributed by atoms with Crippen LogP contribution in [0.1, 0.15) is 39.5 Å². The van der Waals surface area contributed by atoms with E-state index < -0.39 is 23.5 Å². The van der Waals surface area contributed by atoms with Crippen LogP contribution in [-0.2, 0) is 16.0 Å². The molecule has 0 aliphatic carbocycles. The van der Waals surface area contributed by atoms with Gasteiger partial charge in [-0.15, -0.1) is 11.3 Å². The molecule has 7 N–H and O–H groups in total. The van der Waals surface area contributed by atoms with Crippen molar-refractivity contribution >= 4 is 62.7 Å². The van der Waals surface area contributed by atoms with Crippen LogP contribution in [-0.4, -0.2) is 40.5 Å². The van der Waals surface area contributed by atoms with Crippen LogP contribution in [0.3, 0.4) is 0 Å². The van der Waals surface area contributed by atoms with Crippen LogP contribution in [0.2, 0.25) is 10.0 Å². The number of H-pyrrole nitrogens is 1. The first-order chi connectivity index (χ1) is 16.1. The lowest BCUT2D eigenvalue weighted by atomic mass is 10.1. The van der Waals surface area contributed by atoms with Crippen molar-refractivity contribution in [3.05, 3.63) is 60.4 Å². The molecule has 0 radical (unpaired) electrons. The van der Waals surface area contributed by atoms with Crippen molar-refractivity contribution < 1.29 is 14.3 Å². The minimum absolute atomic E-state index is 0.0599. The number of hydrogen-bond donors (Lipinski definition) is 4. The van der Waals surface area contributed by atoms with Gasteiger partial charge in [0.1, 0.15) is 21.6 Å². The van der Waals surface area contributed by atoms with E-state index in [4.69, 9.17) is 45.1 Å². The van der Waals surface area contributed by atoms with E-state index in [0.29, 0.717) is 45.6 Å². The Labute approximate surface area is 208 Å². The molecule has 0 aliphatic rings. The summed E-state index contributed by atoms with van der Waals surface area (Å²) in [7, 11) is 0. The molecule has 0 aliphatic heterocycles. The third-order valence-electron chi connectivity index (χ3n) is 4.85. The fraction of sp³-hybridized carbons (Fsp3) is 0.286. The van der Waals surface area contributed by atoms with Crippen molar-refractivity contribution in [1.29, 1.82) is 0 Å². The third-order valence-corrected chi connectivity index (χ3v) is 6.76. The highest BCUT2D eigenvalue weighted by molar-refractivity contribution is 7.20. The summed E-state index contributed by atoms with van der Waals surface area (Å²) in [6.07, 6.45) is 0.963. The van der Waals surface area contributed by atoms with E-state index in [-0.39, 0.29) is 22.6 Å². The summed E-state index contributed by atoms with van der Waals surface area (Å²) >= 11 is 13.0. The summed E-state index contributed by atoms with van der Waals surface area (Å²) in [5, 5.41) is 1.06. The number of aromatic nitrogens is 2. The molecule has 180 valence electrons. The summed E-state index contributed by atoms with van der Waals surface area (Å²) in [6, 6.07) is 4.09. The summed E-state index contributed by atoms with van der Waals surface area (Å²) < 4.78 is 4.93. The number of rotatable bonds is 8. The number of thiophene rings is 1. The standard InChI is InChI=1S/C21H22Cl2N6O4S/c1-9-15-17(30)28-14(8-10-4-5-11(22)12(23)7-10)29-18(15)34-16(9)20(32)33-19(31)13(24)3-2-6-27-21(25)26/h4-5,7,13H,2-3,6,8,24H2,1H3,(H4,25,26,27)(H,28,29,30)/t13-/m0/s1. The minimum atomic E-state index is -1.02. The van der Waals surface area contributed by atoms with E-state index >= 15 is 0 Å². The second-order valence-electron chi connectivity index (χ2n) is 7.44. The molecule has 2 aromatic heterocycles. The number of halogens is 2. The largest absolute Gasteiger partial charge is 0.388 e. The van der Waals surface area contributed by atoms with Gasteiger partial charge in [-0.1, -0.05) is 29.3 Å². The Bertz CT molecular complexity index is 1330. The van der Waals surface area contributed by atoms with Crippen molar-refractivity contribution in [1.82, 2.24) is 9.97 Å². The number of fused-ring (bicyclic) bond motifs is 1. The van der Waals surface area contributed by atoms with Crippen LogP contribution in [0.25, 0.3) is 10.2 Å². The summed E-state index contributed by atoms with van der Waals surface area (Å²) in [6.45, 7) is 1.89.